The van der Waals surface area contributed by atoms with E-state index in [1.54, 1.807) is 30.5 Å². The van der Waals surface area contributed by atoms with Gasteiger partial charge in [0, 0.05) is 6.20 Å². The number of amides is 1. The molecule has 1 aromatic heterocycles. The molecule has 6 heteroatoms. The third-order valence-corrected chi connectivity index (χ3v) is 4.64. The van der Waals surface area contributed by atoms with Gasteiger partial charge in [-0.1, -0.05) is 12.1 Å². The highest BCUT2D eigenvalue weighted by Gasteiger charge is 2.52. The van der Waals surface area contributed by atoms with E-state index in [4.69, 9.17) is 4.99 Å². The number of nitrogens with one attached hydrogen (secondary N) is 1. The van der Waals surface area contributed by atoms with Crippen molar-refractivity contribution in [3.63, 3.8) is 0 Å². The molecule has 1 spiro atoms. The Bertz CT molecular complexity index is 903. The molecular formula is C18H13FN4O. The van der Waals surface area contributed by atoms with Gasteiger partial charge in [0.2, 0.25) is 5.91 Å². The standard InChI is InChI=1S/C18H13FN4O/c19-12-4-5-13-11(9-12)6-7-18(13)14(10-20)17(24)22-16(23-18)15-3-1-2-8-21-15/h1-5,8-9,14H,6-7H2,(H,22,23,24). The van der Waals surface area contributed by atoms with Crippen molar-refractivity contribution < 1.29 is 9.18 Å². The number of hydrogen-bond donors (Lipinski definition) is 1. The lowest BCUT2D eigenvalue weighted by Crippen LogP contribution is -2.50. The third-order valence-electron chi connectivity index (χ3n) is 4.64. The maximum absolute atomic E-state index is 13.5. The maximum Gasteiger partial charge on any atom is 0.245 e. The number of benzene rings is 1. The molecule has 5 nitrogen and oxygen atoms in total. The van der Waals surface area contributed by atoms with E-state index in [9.17, 15) is 14.4 Å². The van der Waals surface area contributed by atoms with Gasteiger partial charge in [0.1, 0.15) is 17.1 Å². The molecule has 0 fully saturated rings. The van der Waals surface area contributed by atoms with Crippen LogP contribution in [0.1, 0.15) is 23.2 Å². The van der Waals surface area contributed by atoms with Crippen LogP contribution in [0, 0.1) is 23.1 Å². The zero-order valence-electron chi connectivity index (χ0n) is 12.7. The molecule has 118 valence electrons. The number of rotatable bonds is 1. The number of carbonyl (C=O) groups excluding carboxylic acids is 1. The van der Waals surface area contributed by atoms with Gasteiger partial charge < -0.3 is 5.32 Å². The van der Waals surface area contributed by atoms with Crippen LogP contribution in [0.15, 0.2) is 47.6 Å². The summed E-state index contributed by atoms with van der Waals surface area (Å²) in [5.74, 6) is -1.32. The molecule has 2 aliphatic rings. The first-order chi connectivity index (χ1) is 11.6. The van der Waals surface area contributed by atoms with Crippen molar-refractivity contribution in [2.45, 2.75) is 18.4 Å². The Morgan fingerprint density at radius 3 is 2.96 bits per heavy atom. The third kappa shape index (κ3) is 2.02. The normalized spacial score (nSPS) is 24.9. The highest BCUT2D eigenvalue weighted by Crippen LogP contribution is 2.47. The van der Waals surface area contributed by atoms with E-state index in [2.05, 4.69) is 16.4 Å². The number of fused-ring (bicyclic) bond motifs is 2. The van der Waals surface area contributed by atoms with Gasteiger partial charge in [0.05, 0.1) is 6.07 Å². The molecule has 1 aromatic carbocycles. The van der Waals surface area contributed by atoms with Crippen molar-refractivity contribution in [1.29, 1.82) is 5.26 Å². The van der Waals surface area contributed by atoms with Crippen LogP contribution in [-0.2, 0) is 16.8 Å². The first kappa shape index (κ1) is 14.5. The summed E-state index contributed by atoms with van der Waals surface area (Å²) < 4.78 is 13.5. The molecule has 2 aromatic rings. The first-order valence-electron chi connectivity index (χ1n) is 7.65. The number of aliphatic imine (C=N–C) groups is 1. The lowest BCUT2D eigenvalue weighted by Gasteiger charge is -2.34. The van der Waals surface area contributed by atoms with Crippen LogP contribution in [0.2, 0.25) is 0 Å². The Balaban J connectivity index is 1.92. The Morgan fingerprint density at radius 1 is 1.33 bits per heavy atom. The van der Waals surface area contributed by atoms with Crippen molar-refractivity contribution >= 4 is 11.7 Å². The van der Waals surface area contributed by atoms with Crippen LogP contribution in [0.5, 0.6) is 0 Å². The SMILES string of the molecule is N#CC1C(=O)NC(c2ccccn2)=NC12CCc1cc(F)ccc12. The van der Waals surface area contributed by atoms with Crippen molar-refractivity contribution in [1.82, 2.24) is 10.3 Å². The topological polar surface area (TPSA) is 78.1 Å². The number of carbonyl (C=O) groups is 1. The van der Waals surface area contributed by atoms with E-state index in [1.165, 1.54) is 12.1 Å². The molecule has 0 bridgehead atoms. The highest BCUT2D eigenvalue weighted by atomic mass is 19.1. The van der Waals surface area contributed by atoms with Crippen molar-refractivity contribution in [2.24, 2.45) is 10.9 Å². The number of halogens is 1. The van der Waals surface area contributed by atoms with E-state index < -0.39 is 17.4 Å². The zero-order valence-corrected chi connectivity index (χ0v) is 12.7. The summed E-state index contributed by atoms with van der Waals surface area (Å²) in [5, 5.41) is 12.2. The molecule has 1 aliphatic heterocycles. The summed E-state index contributed by atoms with van der Waals surface area (Å²) in [6.45, 7) is 0. The largest absolute Gasteiger partial charge is 0.308 e. The second kappa shape index (κ2) is 5.24. The molecule has 0 radical (unpaired) electrons. The minimum absolute atomic E-state index is 0.325. The Hall–Kier alpha value is -3.07. The molecule has 24 heavy (non-hydrogen) atoms. The van der Waals surface area contributed by atoms with Crippen LogP contribution in [0.3, 0.4) is 0 Å². The van der Waals surface area contributed by atoms with Gasteiger partial charge in [-0.05, 0) is 48.2 Å². The molecule has 2 unspecified atom stereocenters. The average Bonchev–Trinajstić information content (AvgIpc) is 2.93. The van der Waals surface area contributed by atoms with Gasteiger partial charge in [-0.3, -0.25) is 14.8 Å². The second-order valence-electron chi connectivity index (χ2n) is 5.95. The number of pyridine rings is 1. The van der Waals surface area contributed by atoms with E-state index >= 15 is 0 Å². The molecule has 1 aliphatic carbocycles. The van der Waals surface area contributed by atoms with Crippen LogP contribution in [0.4, 0.5) is 4.39 Å². The van der Waals surface area contributed by atoms with Crippen LogP contribution in [0.25, 0.3) is 0 Å². The fourth-order valence-electron chi connectivity index (χ4n) is 3.55. The predicted molar refractivity (Wildman–Crippen MR) is 84.4 cm³/mol. The predicted octanol–water partition coefficient (Wildman–Crippen LogP) is 2.08. The average molecular weight is 320 g/mol. The van der Waals surface area contributed by atoms with E-state index in [1.807, 2.05) is 0 Å². The van der Waals surface area contributed by atoms with Crippen LogP contribution < -0.4 is 5.32 Å². The Morgan fingerprint density at radius 2 is 2.21 bits per heavy atom. The fraction of sp³-hybridized carbons (Fsp3) is 0.222. The van der Waals surface area contributed by atoms with Gasteiger partial charge in [0.15, 0.2) is 11.8 Å². The minimum atomic E-state index is -0.979. The summed E-state index contributed by atoms with van der Waals surface area (Å²) in [6.07, 6.45) is 2.69. The smallest absolute Gasteiger partial charge is 0.245 e. The van der Waals surface area contributed by atoms with E-state index in [0.717, 1.165) is 11.1 Å². The van der Waals surface area contributed by atoms with Crippen LogP contribution >= 0.6 is 0 Å². The van der Waals surface area contributed by atoms with Crippen molar-refractivity contribution in [3.05, 3.63) is 65.2 Å². The Labute approximate surface area is 137 Å². The monoisotopic (exact) mass is 320 g/mol. The molecule has 0 saturated carbocycles. The Kier molecular flexibility index (Phi) is 3.17. The summed E-state index contributed by atoms with van der Waals surface area (Å²) in [4.78, 5) is 21.5. The minimum Gasteiger partial charge on any atom is -0.308 e. The first-order valence-corrected chi connectivity index (χ1v) is 7.65. The zero-order chi connectivity index (χ0) is 16.7. The molecule has 1 N–H and O–H groups in total. The summed E-state index contributed by atoms with van der Waals surface area (Å²) >= 11 is 0. The molecular weight excluding hydrogens is 307 g/mol. The van der Waals surface area contributed by atoms with Gasteiger partial charge in [-0.15, -0.1) is 0 Å². The number of aryl methyl sites for hydroxylation is 1. The van der Waals surface area contributed by atoms with Gasteiger partial charge in [0.25, 0.3) is 0 Å². The molecule has 1 amide bonds. The number of hydrogen-bond acceptors (Lipinski definition) is 4. The number of nitriles is 1. The second-order valence-corrected chi connectivity index (χ2v) is 5.95. The summed E-state index contributed by atoms with van der Waals surface area (Å²) in [7, 11) is 0. The number of amidine groups is 1. The van der Waals surface area contributed by atoms with Gasteiger partial charge >= 0.3 is 0 Å². The molecule has 2 heterocycles. The highest BCUT2D eigenvalue weighted by molar-refractivity contribution is 6.10. The van der Waals surface area contributed by atoms with Crippen molar-refractivity contribution in [2.75, 3.05) is 0 Å². The van der Waals surface area contributed by atoms with Gasteiger partial charge in [-0.25, -0.2) is 4.39 Å². The van der Waals surface area contributed by atoms with E-state index in [0.29, 0.717) is 24.4 Å². The number of nitrogens with zero attached hydrogens (tertiary/aromatic N) is 3. The lowest BCUT2D eigenvalue weighted by molar-refractivity contribution is -0.124. The molecule has 0 saturated heterocycles. The molecule has 4 rings (SSSR count). The lowest BCUT2D eigenvalue weighted by atomic mass is 9.78. The van der Waals surface area contributed by atoms with Crippen molar-refractivity contribution in [3.8, 4) is 6.07 Å². The number of aromatic nitrogens is 1. The quantitative estimate of drug-likeness (QED) is 0.874. The fourth-order valence-corrected chi connectivity index (χ4v) is 3.55. The maximum atomic E-state index is 13.5. The van der Waals surface area contributed by atoms with Gasteiger partial charge in [-0.2, -0.15) is 5.26 Å². The summed E-state index contributed by atoms with van der Waals surface area (Å²) in [5.41, 5.74) is 1.11. The summed E-state index contributed by atoms with van der Waals surface area (Å²) in [6, 6.07) is 11.9. The molecule has 2 atom stereocenters. The van der Waals surface area contributed by atoms with E-state index in [-0.39, 0.29) is 5.82 Å². The van der Waals surface area contributed by atoms with Crippen LogP contribution in [-0.4, -0.2) is 16.7 Å².